The lowest BCUT2D eigenvalue weighted by atomic mass is 10.0. The minimum absolute atomic E-state index is 0.255. The number of benzene rings is 2. The second kappa shape index (κ2) is 6.60. The van der Waals surface area contributed by atoms with E-state index < -0.39 is 0 Å². The first-order valence-electron chi connectivity index (χ1n) is 8.57. The fraction of sp³-hybridized carbons (Fsp3) is 0.350. The van der Waals surface area contributed by atoms with Gasteiger partial charge in [-0.3, -0.25) is 4.90 Å². The van der Waals surface area contributed by atoms with Crippen LogP contribution in [-0.2, 0) is 30.6 Å². The third kappa shape index (κ3) is 3.07. The Morgan fingerprint density at radius 1 is 1.28 bits per heavy atom. The van der Waals surface area contributed by atoms with Crippen LogP contribution in [0.3, 0.4) is 0 Å². The first kappa shape index (κ1) is 16.3. The first-order chi connectivity index (χ1) is 12.1. The van der Waals surface area contributed by atoms with E-state index in [-0.39, 0.29) is 18.9 Å². The number of amides is 1. The van der Waals surface area contributed by atoms with Gasteiger partial charge in [0.25, 0.3) is 0 Å². The van der Waals surface area contributed by atoms with E-state index >= 15 is 0 Å². The van der Waals surface area contributed by atoms with Crippen molar-refractivity contribution < 1.29 is 14.3 Å². The summed E-state index contributed by atoms with van der Waals surface area (Å²) in [5.41, 5.74) is 4.47. The van der Waals surface area contributed by atoms with Crippen LogP contribution in [0.25, 0.3) is 0 Å². The van der Waals surface area contributed by atoms with Gasteiger partial charge in [-0.05, 0) is 42.0 Å². The molecule has 4 nitrogen and oxygen atoms in total. The zero-order chi connectivity index (χ0) is 17.4. The van der Waals surface area contributed by atoms with Crippen LogP contribution in [0.1, 0.15) is 28.7 Å². The highest BCUT2D eigenvalue weighted by atomic mass is 35.5. The average molecular weight is 358 g/mol. The molecule has 1 aliphatic heterocycles. The maximum atomic E-state index is 12.4. The van der Waals surface area contributed by atoms with Crippen molar-refractivity contribution in [2.24, 2.45) is 0 Å². The average Bonchev–Trinajstić information content (AvgIpc) is 3.26. The molecular formula is C20H20ClNO3. The minimum Gasteiger partial charge on any atom is -0.469 e. The molecule has 0 radical (unpaired) electrons. The zero-order valence-electron chi connectivity index (χ0n) is 14.1. The van der Waals surface area contributed by atoms with Crippen molar-refractivity contribution in [2.45, 2.75) is 38.5 Å². The van der Waals surface area contributed by atoms with Crippen molar-refractivity contribution in [1.82, 2.24) is 4.90 Å². The van der Waals surface area contributed by atoms with Crippen molar-refractivity contribution in [3.63, 3.8) is 0 Å². The molecular weight excluding hydrogens is 338 g/mol. The number of fused-ring (bicyclic) bond motifs is 3. The van der Waals surface area contributed by atoms with Crippen LogP contribution in [0.15, 0.2) is 36.4 Å². The molecule has 0 bridgehead atoms. The number of rotatable bonds is 3. The molecule has 1 atom stereocenters. The normalized spacial score (nSPS) is 17.6. The molecule has 0 saturated carbocycles. The highest BCUT2D eigenvalue weighted by Crippen LogP contribution is 2.42. The van der Waals surface area contributed by atoms with Crippen molar-refractivity contribution in [2.75, 3.05) is 7.05 Å². The molecule has 5 heteroatoms. The van der Waals surface area contributed by atoms with E-state index in [0.717, 1.165) is 41.2 Å². The molecule has 130 valence electrons. The van der Waals surface area contributed by atoms with Gasteiger partial charge in [-0.2, -0.15) is 0 Å². The van der Waals surface area contributed by atoms with Crippen LogP contribution in [-0.4, -0.2) is 24.3 Å². The number of likely N-dealkylation sites (N-methyl/N-ethyl adjacent to an activating group) is 1. The molecule has 1 amide bonds. The van der Waals surface area contributed by atoms with Gasteiger partial charge in [-0.15, -0.1) is 0 Å². The molecule has 0 fully saturated rings. The largest absolute Gasteiger partial charge is 0.469 e. The van der Waals surface area contributed by atoms with E-state index in [2.05, 4.69) is 0 Å². The van der Waals surface area contributed by atoms with E-state index in [1.54, 1.807) is 7.05 Å². The molecule has 2 aliphatic rings. The molecule has 0 N–H and O–H groups in total. The van der Waals surface area contributed by atoms with Crippen LogP contribution in [0.4, 0.5) is 4.79 Å². The lowest BCUT2D eigenvalue weighted by Crippen LogP contribution is -2.40. The van der Waals surface area contributed by atoms with Crippen molar-refractivity contribution in [1.29, 1.82) is 0 Å². The van der Waals surface area contributed by atoms with Gasteiger partial charge in [0.15, 0.2) is 6.23 Å². The highest BCUT2D eigenvalue weighted by molar-refractivity contribution is 6.31. The molecule has 25 heavy (non-hydrogen) atoms. The first-order valence-corrected chi connectivity index (χ1v) is 8.94. The molecule has 1 aliphatic carbocycles. The van der Waals surface area contributed by atoms with Gasteiger partial charge in [0.2, 0.25) is 0 Å². The summed E-state index contributed by atoms with van der Waals surface area (Å²) >= 11 is 6.40. The molecule has 1 unspecified atom stereocenters. The Morgan fingerprint density at radius 2 is 2.04 bits per heavy atom. The molecule has 2 aromatic rings. The van der Waals surface area contributed by atoms with E-state index in [9.17, 15) is 4.79 Å². The van der Waals surface area contributed by atoms with Gasteiger partial charge in [-0.25, -0.2) is 4.79 Å². The Bertz CT molecular complexity index is 806. The lowest BCUT2D eigenvalue weighted by molar-refractivity contribution is 0.0371. The molecule has 0 saturated heterocycles. The Labute approximate surface area is 152 Å². The van der Waals surface area contributed by atoms with E-state index in [0.29, 0.717) is 6.42 Å². The van der Waals surface area contributed by atoms with E-state index in [1.165, 1.54) is 16.0 Å². The second-order valence-electron chi connectivity index (χ2n) is 6.59. The third-order valence-corrected chi connectivity index (χ3v) is 5.28. The Hall–Kier alpha value is -2.20. The van der Waals surface area contributed by atoms with Gasteiger partial charge < -0.3 is 9.47 Å². The van der Waals surface area contributed by atoms with Crippen molar-refractivity contribution in [3.8, 4) is 5.75 Å². The van der Waals surface area contributed by atoms with Gasteiger partial charge in [0.1, 0.15) is 12.4 Å². The Balaban J connectivity index is 1.43. The summed E-state index contributed by atoms with van der Waals surface area (Å²) in [7, 11) is 1.71. The molecule has 2 aromatic carbocycles. The van der Waals surface area contributed by atoms with Crippen LogP contribution >= 0.6 is 11.6 Å². The smallest absolute Gasteiger partial charge is 0.412 e. The summed E-state index contributed by atoms with van der Waals surface area (Å²) in [6, 6.07) is 11.6. The van der Waals surface area contributed by atoms with Crippen LogP contribution in [0.2, 0.25) is 5.02 Å². The van der Waals surface area contributed by atoms with Crippen molar-refractivity contribution >= 4 is 17.7 Å². The summed E-state index contributed by atoms with van der Waals surface area (Å²) in [6.45, 7) is 0.255. The summed E-state index contributed by atoms with van der Waals surface area (Å²) in [5.74, 6) is 0.921. The second-order valence-corrected chi connectivity index (χ2v) is 6.99. The standard InChI is InChI=1S/C20H20ClNO3/c1-22(20(23)24-12-13-6-3-2-4-7-13)18-11-14-10-17(21)15-8-5-9-16(15)19(14)25-18/h2-4,6-7,10,18H,5,8-9,11-12H2,1H3. The molecule has 1 heterocycles. The van der Waals surface area contributed by atoms with Crippen LogP contribution in [0, 0.1) is 0 Å². The predicted molar refractivity (Wildman–Crippen MR) is 96.0 cm³/mol. The number of halogens is 1. The SMILES string of the molecule is CN(C(=O)OCc1ccccc1)C1Cc2cc(Cl)c3c(c2O1)CCC3. The van der Waals surface area contributed by atoms with E-state index in [1.807, 2.05) is 36.4 Å². The highest BCUT2D eigenvalue weighted by Gasteiger charge is 2.34. The van der Waals surface area contributed by atoms with E-state index in [4.69, 9.17) is 21.1 Å². The number of nitrogens with zero attached hydrogens (tertiary/aromatic N) is 1. The monoisotopic (exact) mass is 357 g/mol. The van der Waals surface area contributed by atoms with Gasteiger partial charge in [0.05, 0.1) is 0 Å². The number of hydrogen-bond donors (Lipinski definition) is 0. The summed E-state index contributed by atoms with van der Waals surface area (Å²) in [6.07, 6.45) is 3.01. The van der Waals surface area contributed by atoms with Crippen molar-refractivity contribution in [3.05, 3.63) is 63.7 Å². The number of carbonyl (C=O) groups excluding carboxylic acids is 1. The number of ether oxygens (including phenoxy) is 2. The Kier molecular flexibility index (Phi) is 4.30. The van der Waals surface area contributed by atoms with Gasteiger partial charge in [0, 0.05) is 24.1 Å². The molecule has 0 spiro atoms. The molecule has 0 aromatic heterocycles. The maximum absolute atomic E-state index is 12.4. The Morgan fingerprint density at radius 3 is 2.84 bits per heavy atom. The lowest BCUT2D eigenvalue weighted by Gasteiger charge is -2.23. The topological polar surface area (TPSA) is 38.8 Å². The predicted octanol–water partition coefficient (Wildman–Crippen LogP) is 4.36. The minimum atomic E-state index is -0.385. The number of carbonyl (C=O) groups is 1. The summed E-state index contributed by atoms with van der Waals surface area (Å²) in [5, 5.41) is 0.824. The summed E-state index contributed by atoms with van der Waals surface area (Å²) < 4.78 is 11.5. The summed E-state index contributed by atoms with van der Waals surface area (Å²) in [4.78, 5) is 13.9. The van der Waals surface area contributed by atoms with Crippen LogP contribution < -0.4 is 4.74 Å². The molecule has 4 rings (SSSR count). The number of hydrogen-bond acceptors (Lipinski definition) is 3. The quantitative estimate of drug-likeness (QED) is 0.819. The fourth-order valence-electron chi connectivity index (χ4n) is 3.58. The third-order valence-electron chi connectivity index (χ3n) is 4.95. The fourth-order valence-corrected chi connectivity index (χ4v) is 3.92. The van der Waals surface area contributed by atoms with Gasteiger partial charge >= 0.3 is 6.09 Å². The van der Waals surface area contributed by atoms with Crippen LogP contribution in [0.5, 0.6) is 5.75 Å². The maximum Gasteiger partial charge on any atom is 0.412 e. The van der Waals surface area contributed by atoms with Gasteiger partial charge in [-0.1, -0.05) is 41.9 Å². The zero-order valence-corrected chi connectivity index (χ0v) is 14.9.